The van der Waals surface area contributed by atoms with Gasteiger partial charge in [-0.1, -0.05) is 0 Å². The molecular formula is C18H18FN5. The molecule has 0 radical (unpaired) electrons. The molecule has 0 bridgehead atoms. The van der Waals surface area contributed by atoms with Crippen molar-refractivity contribution >= 4 is 5.82 Å². The van der Waals surface area contributed by atoms with E-state index in [0.29, 0.717) is 0 Å². The van der Waals surface area contributed by atoms with Gasteiger partial charge in [-0.3, -0.25) is 10.1 Å². The van der Waals surface area contributed by atoms with Gasteiger partial charge in [-0.25, -0.2) is 4.39 Å². The number of nitrogens with two attached hydrogens (primary N) is 1. The van der Waals surface area contributed by atoms with E-state index >= 15 is 0 Å². The highest BCUT2D eigenvalue weighted by Crippen LogP contribution is 2.38. The Morgan fingerprint density at radius 3 is 2.50 bits per heavy atom. The number of aromatic nitrogens is 3. The highest BCUT2D eigenvalue weighted by atomic mass is 19.1. The molecule has 1 fully saturated rings. The van der Waals surface area contributed by atoms with Gasteiger partial charge < -0.3 is 10.6 Å². The van der Waals surface area contributed by atoms with Gasteiger partial charge in [0.1, 0.15) is 5.82 Å². The van der Waals surface area contributed by atoms with Gasteiger partial charge in [-0.15, -0.1) is 0 Å². The minimum atomic E-state index is -0.255. The Kier molecular flexibility index (Phi) is 3.74. The average Bonchev–Trinajstić information content (AvgIpc) is 3.22. The van der Waals surface area contributed by atoms with E-state index in [4.69, 9.17) is 5.73 Å². The summed E-state index contributed by atoms with van der Waals surface area (Å²) in [4.78, 5) is 6.29. The standard InChI is InChI=1S/C18H18FN5/c19-14-3-1-13(2-4-14)17-16(12-5-8-21-9-6-12)18(23-22-17)24-10-7-15(20)11-24/h1-6,8-9,15H,7,10-11,20H2,(H,22,23). The number of pyridine rings is 1. The molecule has 2 aromatic heterocycles. The molecule has 122 valence electrons. The maximum atomic E-state index is 13.3. The molecule has 0 saturated carbocycles. The Morgan fingerprint density at radius 1 is 1.08 bits per heavy atom. The van der Waals surface area contributed by atoms with Crippen LogP contribution in [0, 0.1) is 5.82 Å². The molecule has 1 aliphatic rings. The maximum absolute atomic E-state index is 13.3. The number of benzene rings is 1. The summed E-state index contributed by atoms with van der Waals surface area (Å²) >= 11 is 0. The maximum Gasteiger partial charge on any atom is 0.159 e. The van der Waals surface area contributed by atoms with Crippen molar-refractivity contribution in [1.82, 2.24) is 15.2 Å². The van der Waals surface area contributed by atoms with Crippen molar-refractivity contribution < 1.29 is 4.39 Å². The summed E-state index contributed by atoms with van der Waals surface area (Å²) in [5.41, 5.74) is 9.84. The molecule has 1 unspecified atom stereocenters. The summed E-state index contributed by atoms with van der Waals surface area (Å²) in [6, 6.07) is 10.5. The van der Waals surface area contributed by atoms with E-state index in [1.54, 1.807) is 24.5 Å². The Balaban J connectivity index is 1.85. The number of nitrogens with zero attached hydrogens (tertiary/aromatic N) is 3. The van der Waals surface area contributed by atoms with Gasteiger partial charge in [0.2, 0.25) is 0 Å². The second kappa shape index (κ2) is 6.05. The Labute approximate surface area is 139 Å². The van der Waals surface area contributed by atoms with Crippen molar-refractivity contribution in [2.75, 3.05) is 18.0 Å². The lowest BCUT2D eigenvalue weighted by atomic mass is 10.0. The molecule has 24 heavy (non-hydrogen) atoms. The zero-order chi connectivity index (χ0) is 16.5. The summed E-state index contributed by atoms with van der Waals surface area (Å²) in [6.07, 6.45) is 4.47. The number of aromatic amines is 1. The molecule has 3 aromatic rings. The number of anilines is 1. The Hall–Kier alpha value is -2.73. The molecule has 5 nitrogen and oxygen atoms in total. The molecule has 0 spiro atoms. The van der Waals surface area contributed by atoms with Gasteiger partial charge in [-0.2, -0.15) is 5.10 Å². The lowest BCUT2D eigenvalue weighted by Gasteiger charge is -2.17. The molecule has 3 N–H and O–H groups in total. The second-order valence-corrected chi connectivity index (χ2v) is 6.03. The molecule has 6 heteroatoms. The van der Waals surface area contributed by atoms with Crippen molar-refractivity contribution in [3.05, 3.63) is 54.6 Å². The molecule has 1 saturated heterocycles. The van der Waals surface area contributed by atoms with Crippen LogP contribution in [0.1, 0.15) is 6.42 Å². The van der Waals surface area contributed by atoms with Crippen molar-refractivity contribution in [3.8, 4) is 22.4 Å². The SMILES string of the molecule is NC1CCN(c2n[nH]c(-c3ccc(F)cc3)c2-c2ccncc2)C1. The zero-order valence-electron chi connectivity index (χ0n) is 13.1. The largest absolute Gasteiger partial charge is 0.353 e. The highest BCUT2D eigenvalue weighted by molar-refractivity contribution is 5.89. The lowest BCUT2D eigenvalue weighted by Crippen LogP contribution is -2.26. The number of hydrogen-bond acceptors (Lipinski definition) is 4. The average molecular weight is 323 g/mol. The number of rotatable bonds is 3. The van der Waals surface area contributed by atoms with E-state index in [1.165, 1.54) is 12.1 Å². The van der Waals surface area contributed by atoms with Crippen LogP contribution < -0.4 is 10.6 Å². The van der Waals surface area contributed by atoms with Crippen LogP contribution in [0.15, 0.2) is 48.8 Å². The first kappa shape index (κ1) is 14.8. The summed E-state index contributed by atoms with van der Waals surface area (Å²) in [5, 5.41) is 7.66. The van der Waals surface area contributed by atoms with Crippen LogP contribution in [0.25, 0.3) is 22.4 Å². The molecule has 0 aliphatic carbocycles. The predicted molar refractivity (Wildman–Crippen MR) is 92.0 cm³/mol. The normalized spacial score (nSPS) is 17.4. The Morgan fingerprint density at radius 2 is 1.83 bits per heavy atom. The minimum Gasteiger partial charge on any atom is -0.353 e. The third kappa shape index (κ3) is 2.65. The Bertz CT molecular complexity index is 828. The lowest BCUT2D eigenvalue weighted by molar-refractivity contribution is 0.628. The van der Waals surface area contributed by atoms with Crippen LogP contribution in [-0.2, 0) is 0 Å². The summed E-state index contributed by atoms with van der Waals surface area (Å²) in [7, 11) is 0. The first-order valence-corrected chi connectivity index (χ1v) is 7.97. The highest BCUT2D eigenvalue weighted by Gasteiger charge is 2.26. The van der Waals surface area contributed by atoms with Gasteiger partial charge in [0.05, 0.1) is 11.3 Å². The van der Waals surface area contributed by atoms with Gasteiger partial charge in [0.25, 0.3) is 0 Å². The fraction of sp³-hybridized carbons (Fsp3) is 0.222. The van der Waals surface area contributed by atoms with Gasteiger partial charge in [-0.05, 0) is 48.4 Å². The fourth-order valence-electron chi connectivity index (χ4n) is 3.16. The van der Waals surface area contributed by atoms with E-state index in [-0.39, 0.29) is 11.9 Å². The second-order valence-electron chi connectivity index (χ2n) is 6.03. The quantitative estimate of drug-likeness (QED) is 0.777. The molecule has 1 aromatic carbocycles. The fourth-order valence-corrected chi connectivity index (χ4v) is 3.16. The van der Waals surface area contributed by atoms with Gasteiger partial charge in [0, 0.05) is 37.1 Å². The van der Waals surface area contributed by atoms with Crippen LogP contribution >= 0.6 is 0 Å². The first-order chi connectivity index (χ1) is 11.7. The zero-order valence-corrected chi connectivity index (χ0v) is 13.1. The van der Waals surface area contributed by atoms with E-state index < -0.39 is 0 Å². The molecule has 4 rings (SSSR count). The van der Waals surface area contributed by atoms with E-state index in [9.17, 15) is 4.39 Å². The summed E-state index contributed by atoms with van der Waals surface area (Å²) < 4.78 is 13.3. The number of nitrogens with one attached hydrogen (secondary N) is 1. The molecular weight excluding hydrogens is 305 g/mol. The third-order valence-electron chi connectivity index (χ3n) is 4.37. The predicted octanol–water partition coefficient (Wildman–Crippen LogP) is 2.82. The molecule has 1 aliphatic heterocycles. The summed E-state index contributed by atoms with van der Waals surface area (Å²) in [6.45, 7) is 1.67. The van der Waals surface area contributed by atoms with Crippen LogP contribution in [0.4, 0.5) is 10.2 Å². The third-order valence-corrected chi connectivity index (χ3v) is 4.37. The molecule has 3 heterocycles. The van der Waals surface area contributed by atoms with Crippen molar-refractivity contribution in [2.45, 2.75) is 12.5 Å². The minimum absolute atomic E-state index is 0.168. The number of halogens is 1. The van der Waals surface area contributed by atoms with E-state index in [0.717, 1.165) is 47.7 Å². The van der Waals surface area contributed by atoms with Crippen LogP contribution in [0.2, 0.25) is 0 Å². The molecule has 0 amide bonds. The van der Waals surface area contributed by atoms with Crippen LogP contribution in [-0.4, -0.2) is 34.3 Å². The number of hydrogen-bond donors (Lipinski definition) is 2. The smallest absolute Gasteiger partial charge is 0.159 e. The van der Waals surface area contributed by atoms with E-state index in [2.05, 4.69) is 20.1 Å². The van der Waals surface area contributed by atoms with Crippen molar-refractivity contribution in [2.24, 2.45) is 5.73 Å². The summed E-state index contributed by atoms with van der Waals surface area (Å²) in [5.74, 6) is 0.628. The number of H-pyrrole nitrogens is 1. The monoisotopic (exact) mass is 323 g/mol. The van der Waals surface area contributed by atoms with Gasteiger partial charge >= 0.3 is 0 Å². The van der Waals surface area contributed by atoms with Gasteiger partial charge in [0.15, 0.2) is 5.82 Å². The first-order valence-electron chi connectivity index (χ1n) is 7.97. The van der Waals surface area contributed by atoms with Crippen molar-refractivity contribution in [1.29, 1.82) is 0 Å². The van der Waals surface area contributed by atoms with Crippen LogP contribution in [0.3, 0.4) is 0 Å². The van der Waals surface area contributed by atoms with Crippen LogP contribution in [0.5, 0.6) is 0 Å². The van der Waals surface area contributed by atoms with E-state index in [1.807, 2.05) is 12.1 Å². The topological polar surface area (TPSA) is 70.8 Å². The van der Waals surface area contributed by atoms with Crippen molar-refractivity contribution in [3.63, 3.8) is 0 Å². The molecule has 1 atom stereocenters.